The quantitative estimate of drug-likeness (QED) is 0.707. The van der Waals surface area contributed by atoms with Gasteiger partial charge in [0, 0.05) is 11.1 Å². The number of hydrogen-bond acceptors (Lipinski definition) is 3. The second-order valence-electron chi connectivity index (χ2n) is 3.67. The third kappa shape index (κ3) is 2.21. The van der Waals surface area contributed by atoms with E-state index in [2.05, 4.69) is 25.8 Å². The van der Waals surface area contributed by atoms with Gasteiger partial charge in [0.05, 0.1) is 6.61 Å². The predicted octanol–water partition coefficient (Wildman–Crippen LogP) is 2.84. The van der Waals surface area contributed by atoms with E-state index in [0.717, 1.165) is 5.19 Å². The van der Waals surface area contributed by atoms with Crippen LogP contribution in [0.4, 0.5) is 0 Å². The largest absolute Gasteiger partial charge is 0.470 e. The summed E-state index contributed by atoms with van der Waals surface area (Å²) in [6.07, 6.45) is 1.90. The average Bonchev–Trinajstić information content (AvgIpc) is 2.35. The predicted molar refractivity (Wildman–Crippen MR) is 52.0 cm³/mol. The van der Waals surface area contributed by atoms with Crippen LogP contribution in [0.1, 0.15) is 32.6 Å². The Bertz CT molecular complexity index is 249. The van der Waals surface area contributed by atoms with E-state index in [0.29, 0.717) is 6.61 Å². The van der Waals surface area contributed by atoms with Crippen molar-refractivity contribution >= 4 is 11.3 Å². The van der Waals surface area contributed by atoms with Gasteiger partial charge in [0.25, 0.3) is 5.19 Å². The van der Waals surface area contributed by atoms with Crippen molar-refractivity contribution in [2.45, 2.75) is 33.1 Å². The van der Waals surface area contributed by atoms with Crippen molar-refractivity contribution in [2.75, 3.05) is 6.61 Å². The van der Waals surface area contributed by atoms with Crippen LogP contribution in [0.3, 0.4) is 0 Å². The highest BCUT2D eigenvalue weighted by atomic mass is 32.1. The Hall–Kier alpha value is -0.570. The van der Waals surface area contributed by atoms with Gasteiger partial charge in [-0.05, 0) is 12.3 Å². The molecule has 0 amide bonds. The first-order valence-corrected chi connectivity index (χ1v) is 4.95. The first-order chi connectivity index (χ1) is 5.54. The van der Waals surface area contributed by atoms with Crippen LogP contribution in [0, 0.1) is 0 Å². The molecule has 0 fully saturated rings. The molecule has 0 aliphatic carbocycles. The number of rotatable bonds is 2. The summed E-state index contributed by atoms with van der Waals surface area (Å²) in [5.74, 6) is 0. The lowest BCUT2D eigenvalue weighted by Crippen LogP contribution is -2.07. The van der Waals surface area contributed by atoms with Crippen molar-refractivity contribution in [3.8, 4) is 5.19 Å². The van der Waals surface area contributed by atoms with E-state index < -0.39 is 0 Å². The number of hydrogen-bond donors (Lipinski definition) is 0. The number of aromatic nitrogens is 1. The number of thiazole rings is 1. The molecule has 0 bridgehead atoms. The summed E-state index contributed by atoms with van der Waals surface area (Å²) in [6, 6.07) is 0. The molecule has 0 aliphatic rings. The van der Waals surface area contributed by atoms with Crippen LogP contribution in [-0.4, -0.2) is 11.6 Å². The summed E-state index contributed by atoms with van der Waals surface area (Å²) >= 11 is 1.63. The van der Waals surface area contributed by atoms with Crippen molar-refractivity contribution in [3.05, 3.63) is 11.1 Å². The zero-order valence-electron chi connectivity index (χ0n) is 8.05. The molecule has 0 unspecified atom stereocenters. The van der Waals surface area contributed by atoms with Gasteiger partial charge in [0.2, 0.25) is 0 Å². The van der Waals surface area contributed by atoms with Gasteiger partial charge < -0.3 is 4.74 Å². The minimum absolute atomic E-state index is 0.188. The Labute approximate surface area is 77.6 Å². The Balaban J connectivity index is 2.77. The summed E-state index contributed by atoms with van der Waals surface area (Å²) in [6.45, 7) is 9.19. The van der Waals surface area contributed by atoms with Crippen LogP contribution >= 0.6 is 11.3 Å². The maximum absolute atomic E-state index is 5.29. The molecule has 0 saturated heterocycles. The Morgan fingerprint density at radius 2 is 2.17 bits per heavy atom. The van der Waals surface area contributed by atoms with E-state index in [1.54, 1.807) is 11.3 Å². The minimum atomic E-state index is 0.188. The fourth-order valence-electron chi connectivity index (χ4n) is 0.795. The second kappa shape index (κ2) is 3.44. The number of nitrogens with zero attached hydrogens (tertiary/aromatic N) is 1. The maximum atomic E-state index is 5.29. The standard InChI is InChI=1S/C9H15NOS/c1-5-11-8-10-6-7(12-8)9(2,3)4/h6H,5H2,1-4H3. The molecule has 0 spiro atoms. The van der Waals surface area contributed by atoms with Crippen LogP contribution in [0.2, 0.25) is 0 Å². The van der Waals surface area contributed by atoms with E-state index in [1.165, 1.54) is 4.88 Å². The molecule has 1 aromatic heterocycles. The van der Waals surface area contributed by atoms with Crippen LogP contribution in [0.25, 0.3) is 0 Å². The zero-order chi connectivity index (χ0) is 9.19. The highest BCUT2D eigenvalue weighted by Crippen LogP contribution is 2.31. The van der Waals surface area contributed by atoms with Gasteiger partial charge in [0.15, 0.2) is 0 Å². The molecule has 1 rings (SSSR count). The first kappa shape index (κ1) is 9.52. The van der Waals surface area contributed by atoms with Gasteiger partial charge >= 0.3 is 0 Å². The van der Waals surface area contributed by atoms with Crippen LogP contribution < -0.4 is 4.74 Å². The SMILES string of the molecule is CCOc1ncc(C(C)(C)C)s1. The molecule has 1 aromatic rings. The molecule has 0 N–H and O–H groups in total. The molecule has 0 radical (unpaired) electrons. The van der Waals surface area contributed by atoms with Crippen molar-refractivity contribution in [1.29, 1.82) is 0 Å². The van der Waals surface area contributed by atoms with Gasteiger partial charge in [-0.2, -0.15) is 0 Å². The molecule has 12 heavy (non-hydrogen) atoms. The van der Waals surface area contributed by atoms with Gasteiger partial charge in [-0.15, -0.1) is 0 Å². The van der Waals surface area contributed by atoms with Crippen LogP contribution in [0.15, 0.2) is 6.20 Å². The Morgan fingerprint density at radius 1 is 1.50 bits per heavy atom. The maximum Gasteiger partial charge on any atom is 0.273 e. The van der Waals surface area contributed by atoms with Crippen molar-refractivity contribution in [3.63, 3.8) is 0 Å². The lowest BCUT2D eigenvalue weighted by Gasteiger charge is -2.13. The molecule has 1 heterocycles. The average molecular weight is 185 g/mol. The highest BCUT2D eigenvalue weighted by Gasteiger charge is 2.17. The Morgan fingerprint density at radius 3 is 2.58 bits per heavy atom. The molecule has 3 heteroatoms. The van der Waals surface area contributed by atoms with Crippen molar-refractivity contribution in [1.82, 2.24) is 4.98 Å². The zero-order valence-corrected chi connectivity index (χ0v) is 8.86. The molecule has 0 aromatic carbocycles. The monoisotopic (exact) mass is 185 g/mol. The summed E-state index contributed by atoms with van der Waals surface area (Å²) in [5, 5.41) is 0.780. The summed E-state index contributed by atoms with van der Waals surface area (Å²) in [4.78, 5) is 5.44. The molecule has 2 nitrogen and oxygen atoms in total. The van der Waals surface area contributed by atoms with Gasteiger partial charge in [-0.3, -0.25) is 0 Å². The molecule has 0 atom stereocenters. The molecule has 68 valence electrons. The number of ether oxygens (including phenoxy) is 1. The summed E-state index contributed by atoms with van der Waals surface area (Å²) in [5.41, 5.74) is 0.188. The van der Waals surface area contributed by atoms with Crippen LogP contribution in [0.5, 0.6) is 5.19 Å². The lowest BCUT2D eigenvalue weighted by molar-refractivity contribution is 0.338. The smallest absolute Gasteiger partial charge is 0.273 e. The molecular weight excluding hydrogens is 170 g/mol. The topological polar surface area (TPSA) is 22.1 Å². The highest BCUT2D eigenvalue weighted by molar-refractivity contribution is 7.13. The van der Waals surface area contributed by atoms with E-state index in [9.17, 15) is 0 Å². The second-order valence-corrected chi connectivity index (χ2v) is 4.67. The third-order valence-electron chi connectivity index (χ3n) is 1.49. The lowest BCUT2D eigenvalue weighted by atomic mass is 9.96. The normalized spacial score (nSPS) is 11.7. The van der Waals surface area contributed by atoms with E-state index in [4.69, 9.17) is 4.74 Å². The Kier molecular flexibility index (Phi) is 2.73. The van der Waals surface area contributed by atoms with E-state index >= 15 is 0 Å². The van der Waals surface area contributed by atoms with Crippen LogP contribution in [-0.2, 0) is 5.41 Å². The minimum Gasteiger partial charge on any atom is -0.470 e. The van der Waals surface area contributed by atoms with Gasteiger partial charge in [-0.25, -0.2) is 4.98 Å². The van der Waals surface area contributed by atoms with E-state index in [-0.39, 0.29) is 5.41 Å². The fourth-order valence-corrected chi connectivity index (χ4v) is 1.68. The van der Waals surface area contributed by atoms with Gasteiger partial charge in [-0.1, -0.05) is 32.1 Å². The van der Waals surface area contributed by atoms with E-state index in [1.807, 2.05) is 13.1 Å². The van der Waals surface area contributed by atoms with Crippen molar-refractivity contribution in [2.24, 2.45) is 0 Å². The molecular formula is C9H15NOS. The third-order valence-corrected chi connectivity index (χ3v) is 2.83. The first-order valence-electron chi connectivity index (χ1n) is 4.13. The molecule has 0 saturated carbocycles. The summed E-state index contributed by atoms with van der Waals surface area (Å²) in [7, 11) is 0. The summed E-state index contributed by atoms with van der Waals surface area (Å²) < 4.78 is 5.29. The van der Waals surface area contributed by atoms with Crippen molar-refractivity contribution < 1.29 is 4.74 Å². The molecule has 0 aliphatic heterocycles. The fraction of sp³-hybridized carbons (Fsp3) is 0.667. The van der Waals surface area contributed by atoms with Gasteiger partial charge in [0.1, 0.15) is 0 Å².